The van der Waals surface area contributed by atoms with Crippen LogP contribution in [0.3, 0.4) is 0 Å². The molecule has 0 fully saturated rings. The van der Waals surface area contributed by atoms with E-state index >= 15 is 0 Å². The second-order valence-corrected chi connectivity index (χ2v) is 4.44. The third kappa shape index (κ3) is 2.66. The zero-order valence-corrected chi connectivity index (χ0v) is 10.3. The number of fused-ring (bicyclic) bond motifs is 2. The molecule has 20 heavy (non-hydrogen) atoms. The number of nitrogens with zero attached hydrogens (tertiary/aromatic N) is 1. The van der Waals surface area contributed by atoms with Crippen molar-refractivity contribution in [2.75, 3.05) is 6.61 Å². The Morgan fingerprint density at radius 2 is 1.65 bits per heavy atom. The van der Waals surface area contributed by atoms with Gasteiger partial charge in [-0.25, -0.2) is 4.98 Å². The van der Waals surface area contributed by atoms with Crippen molar-refractivity contribution < 1.29 is 17.9 Å². The Balaban J connectivity index is 2.00. The lowest BCUT2D eigenvalue weighted by molar-refractivity contribution is -0.153. The van der Waals surface area contributed by atoms with Gasteiger partial charge in [-0.2, -0.15) is 13.2 Å². The Bertz CT molecular complexity index is 768. The summed E-state index contributed by atoms with van der Waals surface area (Å²) in [6.07, 6.45) is -4.34. The van der Waals surface area contributed by atoms with Crippen LogP contribution < -0.4 is 4.74 Å². The minimum absolute atomic E-state index is 0.164. The van der Waals surface area contributed by atoms with Crippen LogP contribution in [0.1, 0.15) is 0 Å². The molecule has 0 saturated carbocycles. The van der Waals surface area contributed by atoms with E-state index in [9.17, 15) is 13.2 Å². The van der Waals surface area contributed by atoms with Gasteiger partial charge in [0.2, 0.25) is 0 Å². The van der Waals surface area contributed by atoms with E-state index in [1.54, 1.807) is 6.07 Å². The highest BCUT2D eigenvalue weighted by Crippen LogP contribution is 2.25. The summed E-state index contributed by atoms with van der Waals surface area (Å²) in [4.78, 5) is 4.42. The molecule has 3 aromatic rings. The van der Waals surface area contributed by atoms with Gasteiger partial charge in [0.25, 0.3) is 0 Å². The predicted molar refractivity (Wildman–Crippen MR) is 70.8 cm³/mol. The summed E-state index contributed by atoms with van der Waals surface area (Å²) < 4.78 is 41.1. The first-order valence-corrected chi connectivity index (χ1v) is 6.00. The number of alkyl halides is 3. The number of aromatic nitrogens is 1. The van der Waals surface area contributed by atoms with E-state index in [1.165, 1.54) is 12.1 Å². The molecule has 1 aromatic heterocycles. The number of para-hydroxylation sites is 1. The lowest BCUT2D eigenvalue weighted by Gasteiger charge is -2.09. The van der Waals surface area contributed by atoms with Crippen LogP contribution in [0.15, 0.2) is 48.5 Å². The van der Waals surface area contributed by atoms with Gasteiger partial charge in [0.15, 0.2) is 6.61 Å². The van der Waals surface area contributed by atoms with Crippen LogP contribution >= 0.6 is 0 Å². The summed E-state index contributed by atoms with van der Waals surface area (Å²) in [7, 11) is 0. The van der Waals surface area contributed by atoms with Crippen LogP contribution in [0.2, 0.25) is 0 Å². The Hall–Kier alpha value is -2.30. The molecule has 0 radical (unpaired) electrons. The van der Waals surface area contributed by atoms with Crippen molar-refractivity contribution >= 4 is 21.8 Å². The van der Waals surface area contributed by atoms with Gasteiger partial charge in [-0.3, -0.25) is 0 Å². The van der Waals surface area contributed by atoms with E-state index in [0.717, 1.165) is 16.3 Å². The summed E-state index contributed by atoms with van der Waals surface area (Å²) in [5.41, 5.74) is 1.41. The largest absolute Gasteiger partial charge is 0.484 e. The SMILES string of the molecule is FC(F)(F)COc1ccc2cc3ccccc3nc2c1. The molecule has 0 N–H and O–H groups in total. The second kappa shape index (κ2) is 4.67. The predicted octanol–water partition coefficient (Wildman–Crippen LogP) is 4.33. The smallest absolute Gasteiger partial charge is 0.422 e. The number of pyridine rings is 1. The first-order valence-electron chi connectivity index (χ1n) is 6.00. The van der Waals surface area contributed by atoms with E-state index in [0.29, 0.717) is 5.52 Å². The molecule has 0 aliphatic heterocycles. The number of rotatable bonds is 2. The van der Waals surface area contributed by atoms with Gasteiger partial charge in [-0.05, 0) is 24.3 Å². The van der Waals surface area contributed by atoms with Gasteiger partial charge in [0, 0.05) is 16.8 Å². The number of hydrogen-bond acceptors (Lipinski definition) is 2. The highest BCUT2D eigenvalue weighted by atomic mass is 19.4. The van der Waals surface area contributed by atoms with Gasteiger partial charge < -0.3 is 4.74 Å². The van der Waals surface area contributed by atoms with Gasteiger partial charge in [0.1, 0.15) is 5.75 Å². The fourth-order valence-corrected chi connectivity index (χ4v) is 2.01. The van der Waals surface area contributed by atoms with Gasteiger partial charge in [0.05, 0.1) is 11.0 Å². The van der Waals surface area contributed by atoms with Crippen molar-refractivity contribution in [1.82, 2.24) is 4.98 Å². The van der Waals surface area contributed by atoms with E-state index < -0.39 is 12.8 Å². The van der Waals surface area contributed by atoms with Crippen LogP contribution in [0.5, 0.6) is 5.75 Å². The average Bonchev–Trinajstić information content (AvgIpc) is 2.42. The highest BCUT2D eigenvalue weighted by Gasteiger charge is 2.28. The second-order valence-electron chi connectivity index (χ2n) is 4.44. The van der Waals surface area contributed by atoms with Crippen molar-refractivity contribution in [3.63, 3.8) is 0 Å². The highest BCUT2D eigenvalue weighted by molar-refractivity contribution is 5.93. The molecule has 2 nitrogen and oxygen atoms in total. The molecule has 0 spiro atoms. The number of ether oxygens (including phenoxy) is 1. The lowest BCUT2D eigenvalue weighted by Crippen LogP contribution is -2.19. The standard InChI is InChI=1S/C15H10F3NO/c16-15(17,18)9-20-12-6-5-11-7-10-3-1-2-4-13(10)19-14(11)8-12/h1-8H,9H2. The summed E-state index contributed by atoms with van der Waals surface area (Å²) >= 11 is 0. The topological polar surface area (TPSA) is 22.1 Å². The van der Waals surface area contributed by atoms with Gasteiger partial charge >= 0.3 is 6.18 Å². The van der Waals surface area contributed by atoms with E-state index in [-0.39, 0.29) is 5.75 Å². The molecule has 0 aliphatic rings. The van der Waals surface area contributed by atoms with Crippen LogP contribution in [-0.4, -0.2) is 17.8 Å². The van der Waals surface area contributed by atoms with Crippen LogP contribution in [-0.2, 0) is 0 Å². The Labute approximate surface area is 112 Å². The van der Waals surface area contributed by atoms with Crippen LogP contribution in [0.25, 0.3) is 21.8 Å². The van der Waals surface area contributed by atoms with Crippen LogP contribution in [0, 0.1) is 0 Å². The molecule has 3 rings (SSSR count). The molecule has 0 unspecified atom stereocenters. The summed E-state index contributed by atoms with van der Waals surface area (Å²) in [5.74, 6) is 0.164. The van der Waals surface area contributed by atoms with E-state index in [2.05, 4.69) is 4.98 Å². The lowest BCUT2D eigenvalue weighted by atomic mass is 10.1. The zero-order valence-electron chi connectivity index (χ0n) is 10.3. The van der Waals surface area contributed by atoms with Crippen molar-refractivity contribution in [3.05, 3.63) is 48.5 Å². The van der Waals surface area contributed by atoms with E-state index in [1.807, 2.05) is 30.3 Å². The monoisotopic (exact) mass is 277 g/mol. The molecule has 0 aliphatic carbocycles. The summed E-state index contributed by atoms with van der Waals surface area (Å²) in [5, 5.41) is 1.85. The fraction of sp³-hybridized carbons (Fsp3) is 0.133. The normalized spacial score (nSPS) is 11.9. The Morgan fingerprint density at radius 3 is 2.45 bits per heavy atom. The zero-order chi connectivity index (χ0) is 14.2. The molecular formula is C15H10F3NO. The molecular weight excluding hydrogens is 267 g/mol. The maximum Gasteiger partial charge on any atom is 0.422 e. The quantitative estimate of drug-likeness (QED) is 0.650. The van der Waals surface area contributed by atoms with Gasteiger partial charge in [-0.1, -0.05) is 18.2 Å². The van der Waals surface area contributed by atoms with Crippen molar-refractivity contribution in [3.8, 4) is 5.75 Å². The summed E-state index contributed by atoms with van der Waals surface area (Å²) in [6.45, 7) is -1.30. The number of hydrogen-bond donors (Lipinski definition) is 0. The molecule has 102 valence electrons. The first-order chi connectivity index (χ1) is 9.51. The molecule has 5 heteroatoms. The third-order valence-electron chi connectivity index (χ3n) is 2.89. The molecule has 0 saturated heterocycles. The van der Waals surface area contributed by atoms with Crippen LogP contribution in [0.4, 0.5) is 13.2 Å². The maximum absolute atomic E-state index is 12.1. The number of halogens is 3. The Kier molecular flexibility index (Phi) is 2.97. The minimum Gasteiger partial charge on any atom is -0.484 e. The fourth-order valence-electron chi connectivity index (χ4n) is 2.01. The van der Waals surface area contributed by atoms with Gasteiger partial charge in [-0.15, -0.1) is 0 Å². The molecule has 1 heterocycles. The first kappa shape index (κ1) is 12.7. The Morgan fingerprint density at radius 1 is 0.900 bits per heavy atom. The molecule has 2 aromatic carbocycles. The average molecular weight is 277 g/mol. The minimum atomic E-state index is -4.34. The summed E-state index contributed by atoms with van der Waals surface area (Å²) in [6, 6.07) is 14.3. The number of benzene rings is 2. The van der Waals surface area contributed by atoms with E-state index in [4.69, 9.17) is 4.74 Å². The maximum atomic E-state index is 12.1. The molecule has 0 amide bonds. The molecule has 0 bridgehead atoms. The van der Waals surface area contributed by atoms with Crippen molar-refractivity contribution in [1.29, 1.82) is 0 Å². The molecule has 0 atom stereocenters. The van der Waals surface area contributed by atoms with Crippen molar-refractivity contribution in [2.45, 2.75) is 6.18 Å². The van der Waals surface area contributed by atoms with Crippen molar-refractivity contribution in [2.24, 2.45) is 0 Å². The third-order valence-corrected chi connectivity index (χ3v) is 2.89.